The number of carbonyl (C=O) groups excluding carboxylic acids is 2. The predicted molar refractivity (Wildman–Crippen MR) is 196 cm³/mol. The third-order valence-corrected chi connectivity index (χ3v) is 9.29. The van der Waals surface area contributed by atoms with Gasteiger partial charge in [0.05, 0.1) is 24.9 Å². The number of hydrogen-bond donors (Lipinski definition) is 6. The van der Waals surface area contributed by atoms with Crippen molar-refractivity contribution in [3.63, 3.8) is 0 Å². The molecule has 2 amide bonds. The Kier molecular flexibility index (Phi) is 14.3. The fourth-order valence-corrected chi connectivity index (χ4v) is 6.45. The van der Waals surface area contributed by atoms with E-state index in [0.29, 0.717) is 50.9 Å². The van der Waals surface area contributed by atoms with Crippen molar-refractivity contribution in [3.05, 3.63) is 125 Å². The van der Waals surface area contributed by atoms with Crippen LogP contribution in [0.2, 0.25) is 0 Å². The fourth-order valence-electron chi connectivity index (χ4n) is 6.45. The maximum absolute atomic E-state index is 12.5. The molecule has 1 heterocycles. The van der Waals surface area contributed by atoms with Crippen molar-refractivity contribution >= 4 is 11.8 Å². The number of nitrogens with zero attached hydrogens (tertiary/aromatic N) is 1. The van der Waals surface area contributed by atoms with Gasteiger partial charge in [0, 0.05) is 44.5 Å². The second-order valence-electron chi connectivity index (χ2n) is 13.3. The Bertz CT molecular complexity index is 1730. The lowest BCUT2D eigenvalue weighted by molar-refractivity contribution is -0.252. The molecule has 0 unspecified atom stereocenters. The van der Waals surface area contributed by atoms with Crippen molar-refractivity contribution in [2.75, 3.05) is 20.1 Å². The van der Waals surface area contributed by atoms with Gasteiger partial charge < -0.3 is 35.0 Å². The number of aliphatic hydroxyl groups excluding tert-OH is 2. The van der Waals surface area contributed by atoms with Crippen LogP contribution in [0.5, 0.6) is 5.75 Å². The van der Waals surface area contributed by atoms with Crippen LogP contribution < -0.4 is 10.8 Å². The summed E-state index contributed by atoms with van der Waals surface area (Å²) in [5.41, 5.74) is 7.89. The number of phenolic OH excluding ortho intramolecular Hbond substituents is 1. The topological polar surface area (TPSA) is 161 Å². The van der Waals surface area contributed by atoms with E-state index in [1.807, 2.05) is 84.7 Å². The van der Waals surface area contributed by atoms with E-state index in [1.54, 1.807) is 29.7 Å². The summed E-state index contributed by atoms with van der Waals surface area (Å²) in [6.45, 7) is 1.23. The quantitative estimate of drug-likeness (QED) is 0.0450. The summed E-state index contributed by atoms with van der Waals surface area (Å²) in [6.07, 6.45) is 1.27. The number of unbranched alkanes of at least 4 members (excludes halogenated alkanes) is 2. The largest absolute Gasteiger partial charge is 0.508 e. The standard InChI is InChI=1S/C41H49N3O8/c1-44(26-37(47)32-9-7-10-34(46)22-32)25-35-23-38(30-16-14-28(27-45)15-17-30)52-41(51-35)31-20-18-29(19-21-31)36-11-6-5-8-33(36)24-42-39(48)12-3-2-4-13-40(49)43-50/h5-11,14-22,35,37-38,41,45-47,50H,2-4,12-13,23-27H2,1H3,(H,42,48)(H,43,49)/t35-,37+,38+,41+/m0/s1. The van der Waals surface area contributed by atoms with Crippen LogP contribution in [0.1, 0.15) is 84.8 Å². The lowest BCUT2D eigenvalue weighted by Gasteiger charge is -2.38. The number of nitrogens with one attached hydrogen (secondary N) is 2. The minimum absolute atomic E-state index is 0.0383. The van der Waals surface area contributed by atoms with E-state index in [4.69, 9.17) is 14.7 Å². The van der Waals surface area contributed by atoms with E-state index in [-0.39, 0.29) is 36.9 Å². The van der Waals surface area contributed by atoms with Crippen molar-refractivity contribution in [3.8, 4) is 16.9 Å². The SMILES string of the molecule is CN(C[C@@H]1C[C@H](c2ccc(CO)cc2)O[C@H](c2ccc(-c3ccccc3CNC(=O)CCCCCC(=O)NO)cc2)O1)C[C@@H](O)c1cccc(O)c1. The van der Waals surface area contributed by atoms with Crippen LogP contribution in [0, 0.1) is 0 Å². The summed E-state index contributed by atoms with van der Waals surface area (Å²) in [6, 6.07) is 30.4. The Labute approximate surface area is 304 Å². The lowest BCUT2D eigenvalue weighted by atomic mass is 9.97. The zero-order valence-electron chi connectivity index (χ0n) is 29.5. The molecule has 276 valence electrons. The van der Waals surface area contributed by atoms with Crippen LogP contribution >= 0.6 is 0 Å². The van der Waals surface area contributed by atoms with Gasteiger partial charge in [0.2, 0.25) is 11.8 Å². The molecule has 52 heavy (non-hydrogen) atoms. The number of aliphatic hydroxyl groups is 2. The van der Waals surface area contributed by atoms with Gasteiger partial charge in [-0.05, 0) is 65.4 Å². The molecule has 0 spiro atoms. The minimum atomic E-state index is -0.780. The summed E-state index contributed by atoms with van der Waals surface area (Å²) in [4.78, 5) is 25.7. The van der Waals surface area contributed by atoms with Crippen molar-refractivity contribution in [1.29, 1.82) is 0 Å². The van der Waals surface area contributed by atoms with Crippen molar-refractivity contribution in [1.82, 2.24) is 15.7 Å². The maximum atomic E-state index is 12.5. The number of hydroxylamine groups is 1. The molecule has 1 fully saturated rings. The van der Waals surface area contributed by atoms with E-state index < -0.39 is 18.3 Å². The maximum Gasteiger partial charge on any atom is 0.243 e. The first-order valence-electron chi connectivity index (χ1n) is 17.8. The number of carbonyl (C=O) groups is 2. The third-order valence-electron chi connectivity index (χ3n) is 9.29. The molecule has 1 aliphatic heterocycles. The Morgan fingerprint density at radius 3 is 2.29 bits per heavy atom. The minimum Gasteiger partial charge on any atom is -0.508 e. The van der Waals surface area contributed by atoms with E-state index in [9.17, 15) is 24.9 Å². The van der Waals surface area contributed by atoms with E-state index >= 15 is 0 Å². The summed E-state index contributed by atoms with van der Waals surface area (Å²) in [7, 11) is 1.93. The van der Waals surface area contributed by atoms with Crippen molar-refractivity contribution < 1.29 is 39.6 Å². The highest BCUT2D eigenvalue weighted by Gasteiger charge is 2.33. The average Bonchev–Trinajstić information content (AvgIpc) is 3.16. The molecule has 5 rings (SSSR count). The summed E-state index contributed by atoms with van der Waals surface area (Å²) in [5.74, 6) is -0.369. The lowest BCUT2D eigenvalue weighted by Crippen LogP contribution is -2.39. The number of hydrogen-bond acceptors (Lipinski definition) is 9. The Morgan fingerprint density at radius 2 is 1.58 bits per heavy atom. The molecule has 11 nitrogen and oxygen atoms in total. The predicted octanol–water partition coefficient (Wildman–Crippen LogP) is 5.83. The molecule has 4 aromatic rings. The van der Waals surface area contributed by atoms with Crippen LogP contribution in [-0.4, -0.2) is 63.5 Å². The van der Waals surface area contributed by atoms with Crippen LogP contribution in [-0.2, 0) is 32.2 Å². The van der Waals surface area contributed by atoms with Gasteiger partial charge in [-0.2, -0.15) is 0 Å². The van der Waals surface area contributed by atoms with Gasteiger partial charge in [0.15, 0.2) is 6.29 Å². The van der Waals surface area contributed by atoms with Gasteiger partial charge in [0.25, 0.3) is 0 Å². The summed E-state index contributed by atoms with van der Waals surface area (Å²) >= 11 is 0. The first-order chi connectivity index (χ1) is 25.2. The fraction of sp³-hybridized carbons (Fsp3) is 0.366. The Balaban J connectivity index is 1.24. The summed E-state index contributed by atoms with van der Waals surface area (Å²) < 4.78 is 13.1. The zero-order chi connectivity index (χ0) is 36.9. The van der Waals surface area contributed by atoms with Gasteiger partial charge in [-0.25, -0.2) is 5.48 Å². The van der Waals surface area contributed by atoms with Gasteiger partial charge in [0.1, 0.15) is 5.75 Å². The molecular weight excluding hydrogens is 662 g/mol. The van der Waals surface area contributed by atoms with Gasteiger partial charge >= 0.3 is 0 Å². The Morgan fingerprint density at radius 1 is 0.865 bits per heavy atom. The third kappa shape index (κ3) is 11.2. The molecule has 4 atom stereocenters. The Hall–Kier alpha value is -4.62. The monoisotopic (exact) mass is 711 g/mol. The molecule has 1 saturated heterocycles. The average molecular weight is 712 g/mol. The number of rotatable bonds is 17. The zero-order valence-corrected chi connectivity index (χ0v) is 29.5. The molecule has 11 heteroatoms. The number of aromatic hydroxyl groups is 1. The first kappa shape index (κ1) is 38.6. The number of benzene rings is 4. The highest BCUT2D eigenvalue weighted by Crippen LogP contribution is 2.39. The van der Waals surface area contributed by atoms with Crippen molar-refractivity contribution in [2.24, 2.45) is 0 Å². The van der Waals surface area contributed by atoms with Crippen LogP contribution in [0.25, 0.3) is 11.1 Å². The second kappa shape index (κ2) is 19.3. The number of phenols is 1. The smallest absolute Gasteiger partial charge is 0.243 e. The van der Waals surface area contributed by atoms with Crippen LogP contribution in [0.15, 0.2) is 97.1 Å². The van der Waals surface area contributed by atoms with Crippen LogP contribution in [0.3, 0.4) is 0 Å². The highest BCUT2D eigenvalue weighted by atomic mass is 16.7. The molecule has 4 aromatic carbocycles. The normalized spacial score (nSPS) is 17.8. The van der Waals surface area contributed by atoms with Crippen LogP contribution in [0.4, 0.5) is 0 Å². The molecular formula is C41H49N3O8. The number of likely N-dealkylation sites (N-methyl/N-ethyl adjacent to an activating group) is 1. The van der Waals surface area contributed by atoms with Crippen molar-refractivity contribution in [2.45, 2.75) is 76.3 Å². The van der Waals surface area contributed by atoms with Gasteiger partial charge in [-0.15, -0.1) is 0 Å². The second-order valence-corrected chi connectivity index (χ2v) is 13.3. The number of amides is 2. The molecule has 6 N–H and O–H groups in total. The molecule has 0 radical (unpaired) electrons. The number of ether oxygens (including phenoxy) is 2. The first-order valence-corrected chi connectivity index (χ1v) is 17.8. The molecule has 0 aliphatic carbocycles. The molecule has 1 aliphatic rings. The van der Waals surface area contributed by atoms with E-state index in [1.165, 1.54) is 0 Å². The van der Waals surface area contributed by atoms with E-state index in [0.717, 1.165) is 39.8 Å². The highest BCUT2D eigenvalue weighted by molar-refractivity contribution is 5.76. The molecule has 0 saturated carbocycles. The molecule has 0 bridgehead atoms. The van der Waals surface area contributed by atoms with Gasteiger partial charge in [-0.3, -0.25) is 14.8 Å². The molecule has 0 aromatic heterocycles. The van der Waals surface area contributed by atoms with E-state index in [2.05, 4.69) is 5.32 Å². The summed E-state index contributed by atoms with van der Waals surface area (Å²) in [5, 5.41) is 41.9. The van der Waals surface area contributed by atoms with Gasteiger partial charge in [-0.1, -0.05) is 91.3 Å².